The molecule has 3 N–H and O–H groups in total. The Kier molecular flexibility index (Phi) is 13.6. The number of hydrogen-bond acceptors (Lipinski definition) is 7. The molecule has 8 nitrogen and oxygen atoms in total. The van der Waals surface area contributed by atoms with E-state index in [0.29, 0.717) is 38.5 Å². The van der Waals surface area contributed by atoms with Crippen LogP contribution in [0, 0.1) is 5.41 Å². The maximum Gasteiger partial charge on any atom is 0.316 e. The zero-order chi connectivity index (χ0) is 19.8. The monoisotopic (exact) mass is 376 g/mol. The number of rotatable bonds is 16. The third kappa shape index (κ3) is 10.4. The minimum atomic E-state index is -1.46. The Morgan fingerprint density at radius 3 is 1.50 bits per heavy atom. The standard InChI is InChI=1S/C18H32O8/c1-2-18(17(23)24,13-25-15(21)9-5-3-7-11-19)14-26-16(22)10-6-4-8-12-20/h19-20H,2-14H2,1H3,(H,23,24). The quantitative estimate of drug-likeness (QED) is 0.274. The molecule has 0 heterocycles. The van der Waals surface area contributed by atoms with Crippen LogP contribution in [0.2, 0.25) is 0 Å². The van der Waals surface area contributed by atoms with E-state index in [9.17, 15) is 19.5 Å². The van der Waals surface area contributed by atoms with Crippen LogP contribution >= 0.6 is 0 Å². The number of hydrogen-bond donors (Lipinski definition) is 3. The summed E-state index contributed by atoms with van der Waals surface area (Å²) in [5.41, 5.74) is -1.46. The van der Waals surface area contributed by atoms with Crippen LogP contribution in [0.3, 0.4) is 0 Å². The highest BCUT2D eigenvalue weighted by molar-refractivity contribution is 5.77. The number of carboxylic acids is 1. The van der Waals surface area contributed by atoms with Gasteiger partial charge in [0.25, 0.3) is 0 Å². The summed E-state index contributed by atoms with van der Waals surface area (Å²) >= 11 is 0. The lowest BCUT2D eigenvalue weighted by Crippen LogP contribution is -2.41. The lowest BCUT2D eigenvalue weighted by molar-refractivity contribution is -0.167. The Labute approximate surface area is 154 Å². The van der Waals surface area contributed by atoms with Gasteiger partial charge in [-0.1, -0.05) is 19.8 Å². The number of aliphatic carboxylic acids is 1. The lowest BCUT2D eigenvalue weighted by Gasteiger charge is -2.27. The highest BCUT2D eigenvalue weighted by Gasteiger charge is 2.40. The van der Waals surface area contributed by atoms with Crippen molar-refractivity contribution in [1.82, 2.24) is 0 Å². The molecule has 0 radical (unpaired) electrons. The number of aliphatic hydroxyl groups excluding tert-OH is 2. The van der Waals surface area contributed by atoms with Gasteiger partial charge in [-0.25, -0.2) is 0 Å². The van der Waals surface area contributed by atoms with Crippen molar-refractivity contribution < 1.29 is 39.2 Å². The van der Waals surface area contributed by atoms with Crippen molar-refractivity contribution in [3.63, 3.8) is 0 Å². The summed E-state index contributed by atoms with van der Waals surface area (Å²) in [7, 11) is 0. The number of esters is 2. The van der Waals surface area contributed by atoms with Gasteiger partial charge in [0, 0.05) is 26.1 Å². The molecule has 152 valence electrons. The molecule has 0 saturated carbocycles. The second-order valence-electron chi connectivity index (χ2n) is 6.33. The molecule has 8 heteroatoms. The van der Waals surface area contributed by atoms with Crippen LogP contribution < -0.4 is 0 Å². The maximum atomic E-state index is 11.7. The normalized spacial score (nSPS) is 11.2. The van der Waals surface area contributed by atoms with E-state index in [4.69, 9.17) is 19.7 Å². The first-order valence-electron chi connectivity index (χ1n) is 9.18. The summed E-state index contributed by atoms with van der Waals surface area (Å²) in [4.78, 5) is 35.1. The van der Waals surface area contributed by atoms with Crippen molar-refractivity contribution in [3.8, 4) is 0 Å². The lowest BCUT2D eigenvalue weighted by atomic mass is 9.87. The fourth-order valence-corrected chi connectivity index (χ4v) is 2.22. The average molecular weight is 376 g/mol. The number of ether oxygens (including phenoxy) is 2. The van der Waals surface area contributed by atoms with E-state index < -0.39 is 23.3 Å². The molecule has 0 bridgehead atoms. The molecule has 0 aliphatic rings. The van der Waals surface area contributed by atoms with Crippen molar-refractivity contribution in [2.24, 2.45) is 5.41 Å². The topological polar surface area (TPSA) is 130 Å². The van der Waals surface area contributed by atoms with Gasteiger partial charge in [-0.2, -0.15) is 0 Å². The van der Waals surface area contributed by atoms with Crippen molar-refractivity contribution in [3.05, 3.63) is 0 Å². The first-order chi connectivity index (χ1) is 12.4. The maximum absolute atomic E-state index is 11.7. The molecule has 0 saturated heterocycles. The van der Waals surface area contributed by atoms with Gasteiger partial charge < -0.3 is 24.8 Å². The molecule has 0 fully saturated rings. The predicted molar refractivity (Wildman–Crippen MR) is 93.4 cm³/mol. The fourth-order valence-electron chi connectivity index (χ4n) is 2.22. The SMILES string of the molecule is CCC(COC(=O)CCCCCO)(COC(=O)CCCCCO)C(=O)O. The number of aliphatic hydroxyl groups is 2. The first kappa shape index (κ1) is 24.3. The van der Waals surface area contributed by atoms with Gasteiger partial charge in [-0.3, -0.25) is 14.4 Å². The van der Waals surface area contributed by atoms with Crippen LogP contribution in [-0.2, 0) is 23.9 Å². The summed E-state index contributed by atoms with van der Waals surface area (Å²) in [5, 5.41) is 26.9. The van der Waals surface area contributed by atoms with E-state index in [1.807, 2.05) is 0 Å². The van der Waals surface area contributed by atoms with Gasteiger partial charge in [0.1, 0.15) is 18.6 Å². The third-order valence-corrected chi connectivity index (χ3v) is 4.23. The molecular formula is C18H32O8. The summed E-state index contributed by atoms with van der Waals surface area (Å²) < 4.78 is 10.2. The summed E-state index contributed by atoms with van der Waals surface area (Å²) in [6.45, 7) is 1.07. The number of carboxylic acid groups (broad SMARTS) is 1. The Morgan fingerprint density at radius 2 is 1.19 bits per heavy atom. The van der Waals surface area contributed by atoms with Crippen LogP contribution in [0.1, 0.15) is 64.7 Å². The molecule has 26 heavy (non-hydrogen) atoms. The molecule has 0 unspecified atom stereocenters. The van der Waals surface area contributed by atoms with Gasteiger partial charge in [0.05, 0.1) is 0 Å². The smallest absolute Gasteiger partial charge is 0.316 e. The van der Waals surface area contributed by atoms with Crippen molar-refractivity contribution in [2.45, 2.75) is 64.7 Å². The molecule has 0 rings (SSSR count). The van der Waals surface area contributed by atoms with E-state index in [1.165, 1.54) is 0 Å². The second-order valence-corrected chi connectivity index (χ2v) is 6.33. The third-order valence-electron chi connectivity index (χ3n) is 4.23. The van der Waals surface area contributed by atoms with Gasteiger partial charge in [-0.05, 0) is 32.1 Å². The van der Waals surface area contributed by atoms with E-state index in [1.54, 1.807) is 6.92 Å². The summed E-state index contributed by atoms with van der Waals surface area (Å²) in [6.07, 6.45) is 4.19. The first-order valence-corrected chi connectivity index (χ1v) is 9.18. The molecule has 0 aromatic rings. The van der Waals surface area contributed by atoms with Gasteiger partial charge in [0.15, 0.2) is 0 Å². The highest BCUT2D eigenvalue weighted by atomic mass is 16.6. The average Bonchev–Trinajstić information content (AvgIpc) is 2.62. The molecule has 0 aromatic heterocycles. The molecule has 0 spiro atoms. The van der Waals surface area contributed by atoms with Gasteiger partial charge >= 0.3 is 17.9 Å². The van der Waals surface area contributed by atoms with Crippen LogP contribution in [0.15, 0.2) is 0 Å². The minimum Gasteiger partial charge on any atom is -0.481 e. The molecule has 0 amide bonds. The predicted octanol–water partition coefficient (Wildman–Crippen LogP) is 1.66. The summed E-state index contributed by atoms with van der Waals surface area (Å²) in [6, 6.07) is 0. The second kappa shape index (κ2) is 14.5. The van der Waals surface area contributed by atoms with Crippen molar-refractivity contribution >= 4 is 17.9 Å². The van der Waals surface area contributed by atoms with Gasteiger partial charge in [0.2, 0.25) is 0 Å². The fraction of sp³-hybridized carbons (Fsp3) is 0.833. The molecular weight excluding hydrogens is 344 g/mol. The number of carbonyl (C=O) groups excluding carboxylic acids is 2. The van der Waals surface area contributed by atoms with Crippen LogP contribution in [0.4, 0.5) is 0 Å². The Bertz CT molecular complexity index is 393. The van der Waals surface area contributed by atoms with Crippen LogP contribution in [0.5, 0.6) is 0 Å². The Morgan fingerprint density at radius 1 is 0.769 bits per heavy atom. The largest absolute Gasteiger partial charge is 0.481 e. The zero-order valence-corrected chi connectivity index (χ0v) is 15.6. The minimum absolute atomic E-state index is 0.0678. The van der Waals surface area contributed by atoms with Crippen molar-refractivity contribution in [1.29, 1.82) is 0 Å². The van der Waals surface area contributed by atoms with E-state index in [-0.39, 0.29) is 45.7 Å². The van der Waals surface area contributed by atoms with Crippen LogP contribution in [-0.4, -0.2) is 59.7 Å². The van der Waals surface area contributed by atoms with E-state index in [2.05, 4.69) is 0 Å². The molecule has 0 aromatic carbocycles. The van der Waals surface area contributed by atoms with Gasteiger partial charge in [-0.15, -0.1) is 0 Å². The van der Waals surface area contributed by atoms with E-state index in [0.717, 1.165) is 0 Å². The molecule has 0 aliphatic heterocycles. The Hall–Kier alpha value is -1.67. The highest BCUT2D eigenvalue weighted by Crippen LogP contribution is 2.24. The zero-order valence-electron chi connectivity index (χ0n) is 15.6. The molecule has 0 aliphatic carbocycles. The number of unbranched alkanes of at least 4 members (excludes halogenated alkanes) is 4. The Balaban J connectivity index is 4.40. The van der Waals surface area contributed by atoms with E-state index >= 15 is 0 Å². The number of carbonyl (C=O) groups is 3. The summed E-state index contributed by atoms with van der Waals surface area (Å²) in [5.74, 6) is -2.18. The van der Waals surface area contributed by atoms with Crippen molar-refractivity contribution in [2.75, 3.05) is 26.4 Å². The van der Waals surface area contributed by atoms with Crippen LogP contribution in [0.25, 0.3) is 0 Å². The molecule has 0 atom stereocenters.